The van der Waals surface area contributed by atoms with Gasteiger partial charge in [-0.2, -0.15) is 0 Å². The first-order chi connectivity index (χ1) is 14.9. The molecule has 1 aliphatic heterocycles. The number of aromatic nitrogens is 1. The number of benzene rings is 1. The number of allylic oxidation sites excluding steroid dienone is 3. The number of nitrogens with zero attached hydrogens (tertiary/aromatic N) is 1. The molecule has 0 amide bonds. The van der Waals surface area contributed by atoms with Crippen molar-refractivity contribution in [2.45, 2.75) is 26.9 Å². The molecule has 0 radical (unpaired) electrons. The van der Waals surface area contributed by atoms with E-state index in [0.29, 0.717) is 0 Å². The van der Waals surface area contributed by atoms with Gasteiger partial charge in [-0.15, -0.1) is 0 Å². The van der Waals surface area contributed by atoms with Gasteiger partial charge >= 0.3 is 191 Å². The normalized spacial score (nSPS) is 24.0. The van der Waals surface area contributed by atoms with E-state index in [2.05, 4.69) is 13.1 Å². The molecule has 0 spiro atoms. The van der Waals surface area contributed by atoms with Crippen molar-refractivity contribution in [3.8, 4) is 11.3 Å². The zero-order valence-electron chi connectivity index (χ0n) is 17.2. The van der Waals surface area contributed by atoms with E-state index >= 15 is 0 Å². The van der Waals surface area contributed by atoms with E-state index in [-0.39, 0.29) is 57.1 Å². The number of ether oxygens (including phenoxy) is 1. The van der Waals surface area contributed by atoms with Crippen molar-refractivity contribution in [3.05, 3.63) is 84.1 Å². The molecule has 1 aromatic heterocycles. The Labute approximate surface area is 190 Å². The number of carbonyl (C=O) groups is 1. The Morgan fingerprint density at radius 2 is 2.00 bits per heavy atom. The molecular formula is C25H22FINO3-. The molecule has 3 aliphatic rings. The summed E-state index contributed by atoms with van der Waals surface area (Å²) in [6.07, 6.45) is 2.80. The van der Waals surface area contributed by atoms with Crippen LogP contribution in [0.4, 0.5) is 4.39 Å². The number of carboxylic acid groups (broad SMARTS) is 1. The molecule has 2 aromatic rings. The van der Waals surface area contributed by atoms with Crippen LogP contribution in [0.3, 0.4) is 0 Å². The van der Waals surface area contributed by atoms with Gasteiger partial charge < -0.3 is 0 Å². The van der Waals surface area contributed by atoms with Gasteiger partial charge in [0.05, 0.1) is 0 Å². The van der Waals surface area contributed by atoms with Crippen molar-refractivity contribution in [2.24, 2.45) is 17.8 Å². The third-order valence-electron chi connectivity index (χ3n) is 6.34. The summed E-state index contributed by atoms with van der Waals surface area (Å²) in [6, 6.07) is 9.23. The first kappa shape index (κ1) is 20.4. The molecule has 4 nitrogen and oxygen atoms in total. The first-order valence-electron chi connectivity index (χ1n) is 10.2. The molecule has 1 aromatic carbocycles. The van der Waals surface area contributed by atoms with E-state index in [9.17, 15) is 14.3 Å². The van der Waals surface area contributed by atoms with Crippen LogP contribution in [0.25, 0.3) is 11.3 Å². The molecule has 2 fully saturated rings. The molecule has 0 bridgehead atoms. The molecule has 0 saturated heterocycles. The van der Waals surface area contributed by atoms with Gasteiger partial charge in [0, 0.05) is 0 Å². The van der Waals surface area contributed by atoms with Crippen molar-refractivity contribution in [2.75, 3.05) is 0 Å². The molecule has 2 saturated carbocycles. The second-order valence-corrected chi connectivity index (χ2v) is 10.3. The fraction of sp³-hybridized carbons (Fsp3) is 0.280. The van der Waals surface area contributed by atoms with Crippen LogP contribution in [0.5, 0.6) is 0 Å². The van der Waals surface area contributed by atoms with E-state index in [4.69, 9.17) is 4.74 Å². The zero-order valence-corrected chi connectivity index (χ0v) is 19.4. The Kier molecular flexibility index (Phi) is 5.20. The van der Waals surface area contributed by atoms with Gasteiger partial charge in [0.15, 0.2) is 0 Å². The van der Waals surface area contributed by atoms with Gasteiger partial charge in [-0.05, 0) is 0 Å². The van der Waals surface area contributed by atoms with Crippen LogP contribution >= 0.6 is 0 Å². The van der Waals surface area contributed by atoms with Crippen LogP contribution in [-0.4, -0.2) is 16.1 Å². The quantitative estimate of drug-likeness (QED) is 0.603. The summed E-state index contributed by atoms with van der Waals surface area (Å²) in [5.74, 6) is -0.151. The van der Waals surface area contributed by atoms with Gasteiger partial charge in [-0.25, -0.2) is 0 Å². The minimum atomic E-state index is -0.688. The van der Waals surface area contributed by atoms with E-state index in [1.807, 2.05) is 38.1 Å². The molecular weight excluding hydrogens is 508 g/mol. The summed E-state index contributed by atoms with van der Waals surface area (Å²) in [7, 11) is 0. The predicted molar refractivity (Wildman–Crippen MR) is 111 cm³/mol. The number of hydrogen-bond donors (Lipinski definition) is 1. The van der Waals surface area contributed by atoms with Gasteiger partial charge in [-0.3, -0.25) is 0 Å². The molecule has 5 rings (SSSR count). The second kappa shape index (κ2) is 7.89. The summed E-state index contributed by atoms with van der Waals surface area (Å²) >= 11 is -0.377. The first-order valence-corrected chi connectivity index (χ1v) is 12.7. The summed E-state index contributed by atoms with van der Waals surface area (Å²) in [4.78, 5) is 15.9. The second-order valence-electron chi connectivity index (χ2n) is 8.31. The molecule has 31 heavy (non-hydrogen) atoms. The molecule has 3 atom stereocenters. The van der Waals surface area contributed by atoms with Crippen molar-refractivity contribution >= 4 is 5.97 Å². The van der Waals surface area contributed by atoms with Crippen molar-refractivity contribution in [3.63, 3.8) is 0 Å². The van der Waals surface area contributed by atoms with E-state index in [1.165, 1.54) is 17.2 Å². The van der Waals surface area contributed by atoms with Crippen LogP contribution < -0.4 is 21.2 Å². The fourth-order valence-corrected chi connectivity index (χ4v) is 6.89. The van der Waals surface area contributed by atoms with Crippen LogP contribution in [0.15, 0.2) is 61.5 Å². The Morgan fingerprint density at radius 3 is 2.74 bits per heavy atom. The van der Waals surface area contributed by atoms with E-state index in [1.54, 1.807) is 6.07 Å². The molecule has 160 valence electrons. The fourth-order valence-electron chi connectivity index (χ4n) is 4.79. The minimum absolute atomic E-state index is 0.0594. The monoisotopic (exact) mass is 530 g/mol. The number of rotatable bonds is 5. The number of carboxylic acids is 1. The zero-order chi connectivity index (χ0) is 21.7. The van der Waals surface area contributed by atoms with Crippen LogP contribution in [-0.2, 0) is 16.1 Å². The molecule has 3 unspecified atom stereocenters. The number of hydrogen-bond acceptors (Lipinski definition) is 3. The predicted octanol–water partition coefficient (Wildman–Crippen LogP) is 2.13. The topological polar surface area (TPSA) is 59.4 Å². The maximum atomic E-state index is 14.5. The standard InChI is InChI=1S/C25H22FINO3/c1-13-4-3-5-14(2)22(13)20-7-6-19(26)21(28-20)12-31-16-8-15-9-17-23(24(17)25(29)30)18(15)11-27-10-16/h3-8,10-11,17,23-24H,9,12H2,1-2H3,(H,29,30)/q-1. The summed E-state index contributed by atoms with van der Waals surface area (Å²) in [5.41, 5.74) is 6.63. The number of fused-ring (bicyclic) bond motifs is 3. The van der Waals surface area contributed by atoms with Crippen molar-refractivity contribution in [1.82, 2.24) is 4.98 Å². The Bertz CT molecular complexity index is 1160. The van der Waals surface area contributed by atoms with Crippen molar-refractivity contribution in [1.29, 1.82) is 0 Å². The number of aryl methyl sites for hydroxylation is 2. The third-order valence-corrected chi connectivity index (χ3v) is 8.34. The Hall–Kier alpha value is -2.48. The van der Waals surface area contributed by atoms with E-state index in [0.717, 1.165) is 34.6 Å². The van der Waals surface area contributed by atoms with Crippen LogP contribution in [0.2, 0.25) is 0 Å². The van der Waals surface area contributed by atoms with Gasteiger partial charge in [0.25, 0.3) is 0 Å². The Balaban J connectivity index is 1.33. The summed E-state index contributed by atoms with van der Waals surface area (Å²) in [5, 5.41) is 9.33. The van der Waals surface area contributed by atoms with Crippen LogP contribution in [0, 0.1) is 37.4 Å². The van der Waals surface area contributed by atoms with Crippen molar-refractivity contribution < 1.29 is 40.2 Å². The average Bonchev–Trinajstić information content (AvgIpc) is 3.39. The molecule has 6 heteroatoms. The van der Waals surface area contributed by atoms with Gasteiger partial charge in [0.2, 0.25) is 0 Å². The van der Waals surface area contributed by atoms with Gasteiger partial charge in [0.1, 0.15) is 0 Å². The molecule has 1 N–H and O–H groups in total. The van der Waals surface area contributed by atoms with E-state index < -0.39 is 5.97 Å². The molecule has 2 aliphatic carbocycles. The van der Waals surface area contributed by atoms with Crippen LogP contribution in [0.1, 0.15) is 23.2 Å². The van der Waals surface area contributed by atoms with Gasteiger partial charge in [-0.1, -0.05) is 0 Å². The number of pyridine rings is 1. The average molecular weight is 530 g/mol. The molecule has 2 heterocycles. The number of aliphatic carboxylic acids is 1. The maximum absolute atomic E-state index is 14.5. The summed E-state index contributed by atoms with van der Waals surface area (Å²) in [6.45, 7) is 4.12. The third kappa shape index (κ3) is 3.71. The Morgan fingerprint density at radius 1 is 1.23 bits per heavy atom. The number of halogens is 2. The SMILES string of the molecule is Cc1cccc(C)c1-c1ccc(F)c(COC2=C[I-]C=C3C(=C2)CC2C(C(=O)O)C32)n1. The summed E-state index contributed by atoms with van der Waals surface area (Å²) < 4.78 is 24.7.